The number of ether oxygens (including phenoxy) is 1. The number of aromatic carboxylic acids is 1. The van der Waals surface area contributed by atoms with Gasteiger partial charge in [0.05, 0.1) is 17.8 Å². The molecule has 1 saturated carbocycles. The van der Waals surface area contributed by atoms with Crippen molar-refractivity contribution in [1.29, 1.82) is 0 Å². The standard InChI is InChI=1S/C26H26N4O5/c1-30-23(25(32)33)22(13-27-30)28-24(31)19-11-6-12-21(19)29-26(34)35-14-20-17-9-4-2-7-15(17)16-8-3-5-10-18(16)20/h2-5,7-10,13,19-21H,6,11-12,14H2,1H3,(H,28,31)(H,29,34)(H,32,33)/t19-,21+/m1/s1. The van der Waals surface area contributed by atoms with Crippen LogP contribution in [0.2, 0.25) is 0 Å². The van der Waals surface area contributed by atoms with E-state index in [2.05, 4.69) is 40.0 Å². The molecule has 1 fully saturated rings. The van der Waals surface area contributed by atoms with Gasteiger partial charge in [-0.3, -0.25) is 9.48 Å². The van der Waals surface area contributed by atoms with Crippen LogP contribution in [0.1, 0.15) is 46.8 Å². The first-order valence-corrected chi connectivity index (χ1v) is 11.6. The Morgan fingerprint density at radius 3 is 2.37 bits per heavy atom. The molecule has 0 aliphatic heterocycles. The summed E-state index contributed by atoms with van der Waals surface area (Å²) in [7, 11) is 1.50. The number of amides is 2. The van der Waals surface area contributed by atoms with Crippen LogP contribution in [-0.2, 0) is 16.6 Å². The number of nitrogens with zero attached hydrogens (tertiary/aromatic N) is 2. The zero-order chi connectivity index (χ0) is 24.5. The number of hydrogen-bond acceptors (Lipinski definition) is 5. The summed E-state index contributed by atoms with van der Waals surface area (Å²) in [6, 6.07) is 15.8. The maximum absolute atomic E-state index is 12.9. The lowest BCUT2D eigenvalue weighted by Crippen LogP contribution is -2.42. The molecule has 5 rings (SSSR count). The second-order valence-corrected chi connectivity index (χ2v) is 8.94. The van der Waals surface area contributed by atoms with Crippen LogP contribution < -0.4 is 10.6 Å². The second-order valence-electron chi connectivity index (χ2n) is 8.94. The number of carbonyl (C=O) groups is 3. The van der Waals surface area contributed by atoms with Crippen LogP contribution >= 0.6 is 0 Å². The number of benzene rings is 2. The highest BCUT2D eigenvalue weighted by Gasteiger charge is 2.36. The van der Waals surface area contributed by atoms with Gasteiger partial charge in [0.15, 0.2) is 5.69 Å². The molecule has 2 atom stereocenters. The fraction of sp³-hybridized carbons (Fsp3) is 0.308. The van der Waals surface area contributed by atoms with Crippen molar-refractivity contribution in [2.24, 2.45) is 13.0 Å². The number of anilines is 1. The Morgan fingerprint density at radius 2 is 1.71 bits per heavy atom. The van der Waals surface area contributed by atoms with E-state index in [4.69, 9.17) is 4.74 Å². The lowest BCUT2D eigenvalue weighted by molar-refractivity contribution is -0.120. The fourth-order valence-electron chi connectivity index (χ4n) is 5.25. The molecule has 180 valence electrons. The van der Waals surface area contributed by atoms with Crippen LogP contribution in [0.25, 0.3) is 11.1 Å². The van der Waals surface area contributed by atoms with Crippen LogP contribution in [0.5, 0.6) is 0 Å². The fourth-order valence-corrected chi connectivity index (χ4v) is 5.25. The van der Waals surface area contributed by atoms with E-state index < -0.39 is 24.0 Å². The topological polar surface area (TPSA) is 123 Å². The number of rotatable bonds is 6. The van der Waals surface area contributed by atoms with Crippen molar-refractivity contribution >= 4 is 23.7 Å². The minimum absolute atomic E-state index is 0.0455. The van der Waals surface area contributed by atoms with Crippen LogP contribution in [0.15, 0.2) is 54.7 Å². The minimum Gasteiger partial charge on any atom is -0.476 e. The van der Waals surface area contributed by atoms with Gasteiger partial charge in [-0.1, -0.05) is 55.0 Å². The lowest BCUT2D eigenvalue weighted by Gasteiger charge is -2.21. The summed E-state index contributed by atoms with van der Waals surface area (Å²) < 4.78 is 6.82. The molecule has 1 heterocycles. The van der Waals surface area contributed by atoms with Gasteiger partial charge in [0.2, 0.25) is 5.91 Å². The minimum atomic E-state index is -1.18. The number of aryl methyl sites for hydroxylation is 1. The smallest absolute Gasteiger partial charge is 0.407 e. The third kappa shape index (κ3) is 4.25. The van der Waals surface area contributed by atoms with Gasteiger partial charge in [0.1, 0.15) is 6.61 Å². The molecule has 2 amide bonds. The Labute approximate surface area is 202 Å². The molecule has 0 unspecified atom stereocenters. The molecule has 0 saturated heterocycles. The van der Waals surface area contributed by atoms with Crippen molar-refractivity contribution in [3.8, 4) is 11.1 Å². The molecule has 9 heteroatoms. The van der Waals surface area contributed by atoms with Crippen molar-refractivity contribution in [3.05, 3.63) is 71.5 Å². The average Bonchev–Trinajstić information content (AvgIpc) is 3.53. The maximum Gasteiger partial charge on any atom is 0.407 e. The molecule has 9 nitrogen and oxygen atoms in total. The molecule has 2 aromatic carbocycles. The molecule has 0 spiro atoms. The molecule has 0 bridgehead atoms. The van der Waals surface area contributed by atoms with Crippen molar-refractivity contribution in [2.45, 2.75) is 31.2 Å². The van der Waals surface area contributed by atoms with E-state index in [-0.39, 0.29) is 29.8 Å². The first kappa shape index (κ1) is 22.6. The van der Waals surface area contributed by atoms with E-state index in [9.17, 15) is 19.5 Å². The Bertz CT molecular complexity index is 1250. The van der Waals surface area contributed by atoms with Crippen LogP contribution in [0.3, 0.4) is 0 Å². The monoisotopic (exact) mass is 474 g/mol. The normalized spacial score (nSPS) is 18.5. The average molecular weight is 475 g/mol. The molecule has 1 aromatic heterocycles. The predicted octanol–water partition coefficient (Wildman–Crippen LogP) is 3.76. The quantitative estimate of drug-likeness (QED) is 0.500. The SMILES string of the molecule is Cn1ncc(NC(=O)[C@@H]2CCC[C@@H]2NC(=O)OCC2c3ccccc3-c3ccccc32)c1C(=O)O. The van der Waals surface area contributed by atoms with Gasteiger partial charge in [0, 0.05) is 19.0 Å². The van der Waals surface area contributed by atoms with Gasteiger partial charge >= 0.3 is 12.1 Å². The van der Waals surface area contributed by atoms with Gasteiger partial charge in [-0.15, -0.1) is 0 Å². The number of alkyl carbamates (subject to hydrolysis) is 1. The van der Waals surface area contributed by atoms with Crippen LogP contribution in [0, 0.1) is 5.92 Å². The summed E-state index contributed by atoms with van der Waals surface area (Å²) in [4.78, 5) is 37.1. The van der Waals surface area contributed by atoms with Crippen molar-refractivity contribution in [3.63, 3.8) is 0 Å². The van der Waals surface area contributed by atoms with E-state index in [0.29, 0.717) is 12.8 Å². The van der Waals surface area contributed by atoms with E-state index >= 15 is 0 Å². The molecule has 3 aromatic rings. The Balaban J connectivity index is 1.22. The van der Waals surface area contributed by atoms with Gasteiger partial charge < -0.3 is 20.5 Å². The highest BCUT2D eigenvalue weighted by atomic mass is 16.5. The Morgan fingerprint density at radius 1 is 1.06 bits per heavy atom. The molecule has 0 radical (unpaired) electrons. The third-order valence-corrected chi connectivity index (χ3v) is 6.90. The van der Waals surface area contributed by atoms with Crippen LogP contribution in [0.4, 0.5) is 10.5 Å². The number of aromatic nitrogens is 2. The second kappa shape index (κ2) is 9.25. The number of fused-ring (bicyclic) bond motifs is 3. The zero-order valence-electron chi connectivity index (χ0n) is 19.2. The summed E-state index contributed by atoms with van der Waals surface area (Å²) in [5.41, 5.74) is 4.60. The van der Waals surface area contributed by atoms with E-state index in [1.807, 2.05) is 24.3 Å². The summed E-state index contributed by atoms with van der Waals surface area (Å²) in [5, 5.41) is 18.8. The van der Waals surface area contributed by atoms with Crippen molar-refractivity contribution in [2.75, 3.05) is 11.9 Å². The summed E-state index contributed by atoms with van der Waals surface area (Å²) in [5.74, 6) is -2.06. The highest BCUT2D eigenvalue weighted by Crippen LogP contribution is 2.44. The lowest BCUT2D eigenvalue weighted by atomic mass is 9.98. The molecule has 3 N–H and O–H groups in total. The first-order chi connectivity index (χ1) is 16.9. The number of nitrogens with one attached hydrogen (secondary N) is 2. The van der Waals surface area contributed by atoms with Gasteiger partial charge in [-0.2, -0.15) is 5.10 Å². The number of carbonyl (C=O) groups excluding carboxylic acids is 2. The molecular weight excluding hydrogens is 448 g/mol. The van der Waals surface area contributed by atoms with E-state index in [1.165, 1.54) is 17.9 Å². The summed E-state index contributed by atoms with van der Waals surface area (Å²) in [6.45, 7) is 0.196. The maximum atomic E-state index is 12.9. The molecule has 35 heavy (non-hydrogen) atoms. The van der Waals surface area contributed by atoms with Gasteiger partial charge in [-0.05, 0) is 35.1 Å². The Hall–Kier alpha value is -4.14. The van der Waals surface area contributed by atoms with E-state index in [1.54, 1.807) is 0 Å². The zero-order valence-corrected chi connectivity index (χ0v) is 19.2. The number of hydrogen-bond donors (Lipinski definition) is 3. The van der Waals surface area contributed by atoms with Crippen molar-refractivity contribution in [1.82, 2.24) is 15.1 Å². The predicted molar refractivity (Wildman–Crippen MR) is 128 cm³/mol. The Kier molecular flexibility index (Phi) is 5.98. The third-order valence-electron chi connectivity index (χ3n) is 6.90. The van der Waals surface area contributed by atoms with Crippen molar-refractivity contribution < 1.29 is 24.2 Å². The summed E-state index contributed by atoms with van der Waals surface area (Å²) >= 11 is 0. The van der Waals surface area contributed by atoms with Gasteiger partial charge in [-0.25, -0.2) is 9.59 Å². The van der Waals surface area contributed by atoms with Gasteiger partial charge in [0.25, 0.3) is 0 Å². The number of carboxylic acids is 1. The highest BCUT2D eigenvalue weighted by molar-refractivity contribution is 6.00. The molecular formula is C26H26N4O5. The van der Waals surface area contributed by atoms with Crippen LogP contribution in [-0.4, -0.2) is 45.5 Å². The van der Waals surface area contributed by atoms with E-state index in [0.717, 1.165) is 28.7 Å². The first-order valence-electron chi connectivity index (χ1n) is 11.6. The molecule has 2 aliphatic rings. The largest absolute Gasteiger partial charge is 0.476 e. The summed E-state index contributed by atoms with van der Waals surface area (Å²) in [6.07, 6.45) is 2.74. The molecule has 2 aliphatic carbocycles. The number of carboxylic acid groups (broad SMARTS) is 1.